The molecule has 2 aromatic heterocycles. The fourth-order valence-electron chi connectivity index (χ4n) is 4.26. The van der Waals surface area contributed by atoms with Crippen LogP contribution in [0.25, 0.3) is 21.7 Å². The Bertz CT molecular complexity index is 1450. The summed E-state index contributed by atoms with van der Waals surface area (Å²) < 4.78 is 28.8. The number of benzene rings is 2. The average Bonchev–Trinajstić information content (AvgIpc) is 3.14. The number of hydrogen-bond acceptors (Lipinski definition) is 5. The number of aromatic amines is 1. The lowest BCUT2D eigenvalue weighted by molar-refractivity contribution is -0.140. The van der Waals surface area contributed by atoms with Gasteiger partial charge in [0, 0.05) is 10.9 Å². The molecule has 5 rings (SSSR count). The van der Waals surface area contributed by atoms with Gasteiger partial charge in [-0.1, -0.05) is 48.9 Å². The van der Waals surface area contributed by atoms with E-state index in [2.05, 4.69) is 14.7 Å². The summed E-state index contributed by atoms with van der Waals surface area (Å²) in [4.78, 5) is 20.4. The van der Waals surface area contributed by atoms with Crippen LogP contribution in [0.15, 0.2) is 64.9 Å². The minimum atomic E-state index is -4.07. The molecule has 0 bridgehead atoms. The normalized spacial score (nSPS) is 22.8. The third-order valence-corrected chi connectivity index (χ3v) is 9.24. The number of nitrogens with zero attached hydrogens (tertiary/aromatic N) is 1. The van der Waals surface area contributed by atoms with Gasteiger partial charge in [-0.25, -0.2) is 13.4 Å². The molecule has 0 aliphatic heterocycles. The smallest absolute Gasteiger partial charge is 0.325 e. The van der Waals surface area contributed by atoms with E-state index in [1.165, 1.54) is 6.07 Å². The Labute approximate surface area is 193 Å². The number of nitrogens with one attached hydrogen (secondary N) is 2. The Morgan fingerprint density at radius 3 is 2.66 bits per heavy atom. The number of H-pyrrole nitrogens is 1. The predicted molar refractivity (Wildman–Crippen MR) is 123 cm³/mol. The number of aromatic nitrogens is 2. The summed E-state index contributed by atoms with van der Waals surface area (Å²) in [7, 11) is -4.07. The first-order valence-corrected chi connectivity index (χ1v) is 12.5. The summed E-state index contributed by atoms with van der Waals surface area (Å²) in [6.45, 7) is 1.74. The van der Waals surface area contributed by atoms with Crippen LogP contribution in [0.3, 0.4) is 0 Å². The number of fused-ring (bicyclic) bond motifs is 1. The third kappa shape index (κ3) is 3.32. The summed E-state index contributed by atoms with van der Waals surface area (Å²) in [5, 5.41) is 10.5. The zero-order chi connectivity index (χ0) is 22.7. The van der Waals surface area contributed by atoms with Crippen LogP contribution in [0.2, 0.25) is 5.02 Å². The number of thiophene rings is 1. The van der Waals surface area contributed by atoms with Gasteiger partial charge in [0.2, 0.25) is 0 Å². The molecule has 2 heterocycles. The first-order valence-electron chi connectivity index (χ1n) is 9.80. The maximum absolute atomic E-state index is 13.2. The van der Waals surface area contributed by atoms with E-state index in [9.17, 15) is 18.3 Å². The van der Waals surface area contributed by atoms with Crippen LogP contribution in [0.5, 0.6) is 0 Å². The van der Waals surface area contributed by atoms with Gasteiger partial charge in [-0.05, 0) is 41.8 Å². The predicted octanol–water partition coefficient (Wildman–Crippen LogP) is 4.48. The van der Waals surface area contributed by atoms with Crippen molar-refractivity contribution >= 4 is 50.0 Å². The SMILES string of the molecule is CC1C(c2ccccc2)[C@]1(NS(=O)(=O)c1ccc(-c2nc3ccc(Cl)cc3[nH]2)s1)C(=O)O. The molecule has 10 heteroatoms. The molecule has 2 unspecified atom stereocenters. The first-order chi connectivity index (χ1) is 15.2. The molecular weight excluding hydrogens is 470 g/mol. The molecule has 7 nitrogen and oxygen atoms in total. The zero-order valence-electron chi connectivity index (χ0n) is 16.7. The highest BCUT2D eigenvalue weighted by Crippen LogP contribution is 2.58. The summed E-state index contributed by atoms with van der Waals surface area (Å²) in [6.07, 6.45) is 0. The lowest BCUT2D eigenvalue weighted by Crippen LogP contribution is -2.45. The van der Waals surface area contributed by atoms with Crippen LogP contribution in [-0.2, 0) is 14.8 Å². The molecule has 1 aliphatic carbocycles. The quantitative estimate of drug-likeness (QED) is 0.371. The number of carboxylic acid groups (broad SMARTS) is 1. The molecule has 3 N–H and O–H groups in total. The van der Waals surface area contributed by atoms with E-state index >= 15 is 0 Å². The molecular formula is C22H18ClN3O4S2. The number of rotatable bonds is 6. The molecule has 32 heavy (non-hydrogen) atoms. The van der Waals surface area contributed by atoms with E-state index in [4.69, 9.17) is 11.6 Å². The third-order valence-electron chi connectivity index (χ3n) is 5.94. The highest BCUT2D eigenvalue weighted by Gasteiger charge is 2.70. The van der Waals surface area contributed by atoms with E-state index in [0.29, 0.717) is 21.2 Å². The van der Waals surface area contributed by atoms with Crippen molar-refractivity contribution in [2.45, 2.75) is 22.6 Å². The summed E-state index contributed by atoms with van der Waals surface area (Å²) in [5.41, 5.74) is 0.659. The number of aliphatic carboxylic acids is 1. The number of halogens is 1. The Hall–Kier alpha value is -2.72. The summed E-state index contributed by atoms with van der Waals surface area (Å²) in [5.74, 6) is -1.51. The number of imidazole rings is 1. The lowest BCUT2D eigenvalue weighted by atomic mass is 10.1. The van der Waals surface area contributed by atoms with Crippen molar-refractivity contribution in [3.63, 3.8) is 0 Å². The molecule has 3 atom stereocenters. The van der Waals surface area contributed by atoms with Crippen LogP contribution in [-0.4, -0.2) is 35.0 Å². The molecule has 0 spiro atoms. The van der Waals surface area contributed by atoms with E-state index in [1.807, 2.05) is 30.3 Å². The monoisotopic (exact) mass is 487 g/mol. The molecule has 1 aliphatic rings. The number of carbonyl (C=O) groups is 1. The maximum atomic E-state index is 13.2. The van der Waals surface area contributed by atoms with Gasteiger partial charge in [0.05, 0.1) is 15.9 Å². The van der Waals surface area contributed by atoms with Crippen molar-refractivity contribution in [3.05, 3.63) is 71.2 Å². The van der Waals surface area contributed by atoms with Gasteiger partial charge in [0.15, 0.2) is 0 Å². The second kappa shape index (κ2) is 7.41. The van der Waals surface area contributed by atoms with E-state index in [1.54, 1.807) is 31.2 Å². The van der Waals surface area contributed by atoms with Gasteiger partial charge < -0.3 is 10.1 Å². The standard InChI is InChI=1S/C22H18ClN3O4S2/c1-12-19(13-5-3-2-4-6-13)22(12,21(27)28)26-32(29,30)18-10-9-17(31-18)20-24-15-8-7-14(23)11-16(15)25-20/h2-12,19,26H,1H3,(H,24,25)(H,27,28)/t12?,19?,22-/m0/s1. The zero-order valence-corrected chi connectivity index (χ0v) is 19.1. The van der Waals surface area contributed by atoms with Crippen LogP contribution in [0, 0.1) is 5.92 Å². The van der Waals surface area contributed by atoms with E-state index in [0.717, 1.165) is 22.4 Å². The molecule has 0 amide bonds. The Kier molecular flexibility index (Phi) is 4.90. The van der Waals surface area contributed by atoms with Crippen LogP contribution >= 0.6 is 22.9 Å². The van der Waals surface area contributed by atoms with E-state index < -0.39 is 33.4 Å². The summed E-state index contributed by atoms with van der Waals surface area (Å²) >= 11 is 7.04. The van der Waals surface area contributed by atoms with Crippen molar-refractivity contribution in [3.8, 4) is 10.7 Å². The first kappa shape index (κ1) is 21.1. The Balaban J connectivity index is 1.46. The van der Waals surface area contributed by atoms with Gasteiger partial charge in [-0.2, -0.15) is 4.72 Å². The topological polar surface area (TPSA) is 112 Å². The van der Waals surface area contributed by atoms with Crippen molar-refractivity contribution in [1.29, 1.82) is 0 Å². The Morgan fingerprint density at radius 1 is 1.19 bits per heavy atom. The molecule has 164 valence electrons. The van der Waals surface area contributed by atoms with Gasteiger partial charge in [0.25, 0.3) is 10.0 Å². The van der Waals surface area contributed by atoms with Crippen LogP contribution < -0.4 is 4.72 Å². The molecule has 4 aromatic rings. The van der Waals surface area contributed by atoms with Crippen molar-refractivity contribution in [2.75, 3.05) is 0 Å². The largest absolute Gasteiger partial charge is 0.480 e. The summed E-state index contributed by atoms with van der Waals surface area (Å²) in [6, 6.07) is 17.5. The highest BCUT2D eigenvalue weighted by atomic mass is 35.5. The number of sulfonamides is 1. The Morgan fingerprint density at radius 2 is 1.94 bits per heavy atom. The number of hydrogen-bond donors (Lipinski definition) is 3. The average molecular weight is 488 g/mol. The fourth-order valence-corrected chi connectivity index (χ4v) is 7.14. The van der Waals surface area contributed by atoms with Crippen molar-refractivity contribution < 1.29 is 18.3 Å². The minimum Gasteiger partial charge on any atom is -0.480 e. The molecule has 2 aromatic carbocycles. The fraction of sp³-hybridized carbons (Fsp3) is 0.182. The van der Waals surface area contributed by atoms with Gasteiger partial charge in [-0.15, -0.1) is 11.3 Å². The second-order valence-electron chi connectivity index (χ2n) is 7.82. The number of carboxylic acids is 1. The molecule has 1 fully saturated rings. The van der Waals surface area contributed by atoms with Crippen LogP contribution in [0.4, 0.5) is 0 Å². The maximum Gasteiger partial charge on any atom is 0.325 e. The van der Waals surface area contributed by atoms with Crippen molar-refractivity contribution in [2.24, 2.45) is 5.92 Å². The van der Waals surface area contributed by atoms with Crippen LogP contribution in [0.1, 0.15) is 18.4 Å². The second-order valence-corrected chi connectivity index (χ2v) is 11.3. The van der Waals surface area contributed by atoms with Crippen molar-refractivity contribution in [1.82, 2.24) is 14.7 Å². The van der Waals surface area contributed by atoms with E-state index in [-0.39, 0.29) is 4.21 Å². The van der Waals surface area contributed by atoms with Gasteiger partial charge >= 0.3 is 5.97 Å². The van der Waals surface area contributed by atoms with Gasteiger partial charge in [-0.3, -0.25) is 4.79 Å². The molecule has 1 saturated carbocycles. The lowest BCUT2D eigenvalue weighted by Gasteiger charge is -2.15. The highest BCUT2D eigenvalue weighted by molar-refractivity contribution is 7.91. The minimum absolute atomic E-state index is 0.0255. The molecule has 0 saturated heterocycles. The van der Waals surface area contributed by atoms with Gasteiger partial charge in [0.1, 0.15) is 15.6 Å². The molecule has 0 radical (unpaired) electrons.